The Morgan fingerprint density at radius 2 is 1.83 bits per heavy atom. The summed E-state index contributed by atoms with van der Waals surface area (Å²) in [6.45, 7) is 6.52. The van der Waals surface area contributed by atoms with Gasteiger partial charge in [-0.1, -0.05) is 13.8 Å². The maximum Gasteiger partial charge on any atom is 0.315 e. The summed E-state index contributed by atoms with van der Waals surface area (Å²) in [7, 11) is -0.898. The number of ether oxygens (including phenoxy) is 1. The molecule has 12 heavy (non-hydrogen) atoms. The van der Waals surface area contributed by atoms with E-state index in [9.17, 15) is 4.79 Å². The number of carbonyl (C=O) groups excluding carboxylic acids is 1. The number of hydrogen-bond donors (Lipinski definition) is 0. The summed E-state index contributed by atoms with van der Waals surface area (Å²) in [5.41, 5.74) is 0. The van der Waals surface area contributed by atoms with Crippen LogP contribution in [0.3, 0.4) is 0 Å². The lowest BCUT2D eigenvalue weighted by Crippen LogP contribution is -2.15. The van der Waals surface area contributed by atoms with Crippen molar-refractivity contribution in [2.75, 3.05) is 23.9 Å². The van der Waals surface area contributed by atoms with Gasteiger partial charge in [-0.05, 0) is 33.2 Å². The Hall–Kier alpha value is 0.300. The lowest BCUT2D eigenvalue weighted by Gasteiger charge is -2.29. The van der Waals surface area contributed by atoms with Gasteiger partial charge in [-0.3, -0.25) is 4.79 Å². The third kappa shape index (κ3) is 4.36. The Morgan fingerprint density at radius 3 is 2.17 bits per heavy atom. The quantitative estimate of drug-likeness (QED) is 0.708. The second-order valence-corrected chi connectivity index (χ2v) is 9.91. The van der Waals surface area contributed by atoms with Crippen LogP contribution in [0.5, 0.6) is 0 Å². The number of carbonyl (C=O) groups is 1. The first-order chi connectivity index (χ1) is 5.58. The predicted molar refractivity (Wildman–Crippen MR) is 59.1 cm³/mol. The van der Waals surface area contributed by atoms with Crippen LogP contribution in [0.2, 0.25) is 0 Å². The molecule has 2 nitrogen and oxygen atoms in total. The van der Waals surface area contributed by atoms with Crippen molar-refractivity contribution < 1.29 is 9.53 Å². The van der Waals surface area contributed by atoms with Crippen LogP contribution in [0.4, 0.5) is 0 Å². The maximum absolute atomic E-state index is 11.1. The molecule has 0 fully saturated rings. The van der Waals surface area contributed by atoms with E-state index in [2.05, 4.69) is 28.7 Å². The van der Waals surface area contributed by atoms with Gasteiger partial charge >= 0.3 is 5.97 Å². The molecule has 0 amide bonds. The molecule has 0 aromatic carbocycles. The summed E-state index contributed by atoms with van der Waals surface area (Å²) in [4.78, 5) is 11.1. The van der Waals surface area contributed by atoms with Gasteiger partial charge in [0.25, 0.3) is 0 Å². The molecule has 0 aliphatic rings. The van der Waals surface area contributed by atoms with Crippen LogP contribution in [0, 0.1) is 0 Å². The van der Waals surface area contributed by atoms with Gasteiger partial charge in [-0.25, -0.2) is 0 Å². The Balaban J connectivity index is 3.93. The van der Waals surface area contributed by atoms with Crippen molar-refractivity contribution in [3.63, 3.8) is 0 Å². The minimum absolute atomic E-state index is 0.0759. The molecule has 0 aliphatic carbocycles. The van der Waals surface area contributed by atoms with Crippen molar-refractivity contribution in [2.24, 2.45) is 0 Å². The fraction of sp³-hybridized carbons (Fsp3) is 0.875. The number of hydrogen-bond acceptors (Lipinski definition) is 2. The van der Waals surface area contributed by atoms with E-state index in [1.165, 1.54) is 0 Å². The van der Waals surface area contributed by atoms with Crippen LogP contribution >= 0.6 is 23.3 Å². The topological polar surface area (TPSA) is 26.3 Å². The average Bonchev–Trinajstić information content (AvgIpc) is 2.05. The van der Waals surface area contributed by atoms with E-state index in [1.807, 2.05) is 6.92 Å². The van der Waals surface area contributed by atoms with Crippen LogP contribution in [-0.2, 0) is 9.53 Å². The summed E-state index contributed by atoms with van der Waals surface area (Å²) >= 11 is 3.64. The zero-order chi connectivity index (χ0) is 9.61. The SMILES string of the molecule is CCOC(=O)CS(Br)(CC)CC. The van der Waals surface area contributed by atoms with Crippen LogP contribution in [0.25, 0.3) is 0 Å². The fourth-order valence-electron chi connectivity index (χ4n) is 0.822. The number of halogens is 1. The number of rotatable bonds is 5. The molecule has 0 aromatic rings. The van der Waals surface area contributed by atoms with Crippen LogP contribution in [0.15, 0.2) is 0 Å². The van der Waals surface area contributed by atoms with Gasteiger partial charge in [0.15, 0.2) is 0 Å². The van der Waals surface area contributed by atoms with E-state index in [0.29, 0.717) is 12.4 Å². The Labute approximate surface area is 83.6 Å². The van der Waals surface area contributed by atoms with Gasteiger partial charge in [-0.2, -0.15) is 8.46 Å². The molecule has 0 aromatic heterocycles. The molecule has 0 bridgehead atoms. The first-order valence-electron chi connectivity index (χ1n) is 4.19. The van der Waals surface area contributed by atoms with Gasteiger partial charge in [0.05, 0.1) is 12.4 Å². The first-order valence-corrected chi connectivity index (χ1v) is 8.18. The molecule has 0 saturated carbocycles. The smallest absolute Gasteiger partial charge is 0.315 e. The normalized spacial score (nSPS) is 12.7. The van der Waals surface area contributed by atoms with E-state index in [0.717, 1.165) is 11.5 Å². The largest absolute Gasteiger partial charge is 0.465 e. The second kappa shape index (κ2) is 5.86. The zero-order valence-corrected chi connectivity index (χ0v) is 10.3. The maximum atomic E-state index is 11.1. The molecule has 0 rings (SSSR count). The Kier molecular flexibility index (Phi) is 6.01. The molecule has 74 valence electrons. The first kappa shape index (κ1) is 12.3. The average molecular weight is 257 g/mol. The highest BCUT2D eigenvalue weighted by molar-refractivity contribution is 9.58. The van der Waals surface area contributed by atoms with Gasteiger partial charge in [0.1, 0.15) is 0 Å². The highest BCUT2D eigenvalue weighted by Crippen LogP contribution is 2.54. The van der Waals surface area contributed by atoms with Crippen molar-refractivity contribution in [2.45, 2.75) is 20.8 Å². The lowest BCUT2D eigenvalue weighted by molar-refractivity contribution is -0.139. The third-order valence-electron chi connectivity index (χ3n) is 1.72. The van der Waals surface area contributed by atoms with E-state index in [4.69, 9.17) is 4.74 Å². The molecule has 0 unspecified atom stereocenters. The Bertz CT molecular complexity index is 146. The second-order valence-electron chi connectivity index (χ2n) is 2.47. The molecule has 0 atom stereocenters. The van der Waals surface area contributed by atoms with Gasteiger partial charge < -0.3 is 4.74 Å². The van der Waals surface area contributed by atoms with Crippen molar-refractivity contribution in [3.05, 3.63) is 0 Å². The van der Waals surface area contributed by atoms with Crippen molar-refractivity contribution in [3.8, 4) is 0 Å². The summed E-state index contributed by atoms with van der Waals surface area (Å²) in [5, 5.41) is 0. The van der Waals surface area contributed by atoms with Gasteiger partial charge in [-0.15, -0.1) is 0 Å². The molecule has 0 spiro atoms. The fourth-order valence-corrected chi connectivity index (χ4v) is 2.71. The summed E-state index contributed by atoms with van der Waals surface area (Å²) in [5.74, 6) is 2.53. The minimum atomic E-state index is -0.898. The van der Waals surface area contributed by atoms with Crippen molar-refractivity contribution in [1.29, 1.82) is 0 Å². The molecule has 0 heterocycles. The van der Waals surface area contributed by atoms with Crippen molar-refractivity contribution in [1.82, 2.24) is 0 Å². The summed E-state index contributed by atoms with van der Waals surface area (Å²) < 4.78 is 4.89. The van der Waals surface area contributed by atoms with E-state index < -0.39 is 8.46 Å². The van der Waals surface area contributed by atoms with Crippen LogP contribution in [0.1, 0.15) is 20.8 Å². The van der Waals surface area contributed by atoms with Gasteiger partial charge in [0, 0.05) is 0 Å². The van der Waals surface area contributed by atoms with Crippen LogP contribution in [-0.4, -0.2) is 29.8 Å². The molecule has 0 aliphatic heterocycles. The van der Waals surface area contributed by atoms with E-state index >= 15 is 0 Å². The number of esters is 1. The molecular formula is C8H17BrO2S. The minimum Gasteiger partial charge on any atom is -0.465 e. The van der Waals surface area contributed by atoms with Gasteiger partial charge in [0.2, 0.25) is 0 Å². The third-order valence-corrected chi connectivity index (χ3v) is 7.97. The molecule has 4 heteroatoms. The summed E-state index contributed by atoms with van der Waals surface area (Å²) in [6, 6.07) is 0. The zero-order valence-electron chi connectivity index (χ0n) is 7.93. The molecular weight excluding hydrogens is 240 g/mol. The van der Waals surface area contributed by atoms with Crippen molar-refractivity contribution >= 4 is 29.2 Å². The molecule has 0 N–H and O–H groups in total. The highest BCUT2D eigenvalue weighted by Gasteiger charge is 2.20. The predicted octanol–water partition coefficient (Wildman–Crippen LogP) is 2.70. The Morgan fingerprint density at radius 1 is 1.33 bits per heavy atom. The molecule has 0 radical (unpaired) electrons. The lowest BCUT2D eigenvalue weighted by atomic mass is 10.8. The van der Waals surface area contributed by atoms with E-state index in [1.54, 1.807) is 0 Å². The standard InChI is InChI=1S/C8H17BrO2S/c1-4-11-8(10)7-12(9,5-2)6-3/h4-7H2,1-3H3. The highest BCUT2D eigenvalue weighted by atomic mass is 79.9. The monoisotopic (exact) mass is 256 g/mol. The summed E-state index contributed by atoms with van der Waals surface area (Å²) in [6.07, 6.45) is 0. The van der Waals surface area contributed by atoms with E-state index in [-0.39, 0.29) is 5.97 Å². The van der Waals surface area contributed by atoms with Crippen LogP contribution < -0.4 is 0 Å². The molecule has 0 saturated heterocycles.